The number of aromatic hydroxyl groups is 1. The molecule has 160 valence electrons. The van der Waals surface area contributed by atoms with Crippen molar-refractivity contribution in [2.75, 3.05) is 4.72 Å². The minimum absolute atomic E-state index is 0.00971. The highest BCUT2D eigenvalue weighted by molar-refractivity contribution is 7.92. The van der Waals surface area contributed by atoms with E-state index >= 15 is 0 Å². The summed E-state index contributed by atoms with van der Waals surface area (Å²) in [6, 6.07) is 3.90. The highest BCUT2D eigenvalue weighted by Crippen LogP contribution is 2.36. The van der Waals surface area contributed by atoms with Gasteiger partial charge < -0.3 is 9.84 Å². The molecule has 7 nitrogen and oxygen atoms in total. The van der Waals surface area contributed by atoms with Gasteiger partial charge in [0.1, 0.15) is 23.1 Å². The number of ether oxygens (including phenoxy) is 1. The molecule has 0 saturated carbocycles. The number of hydrogen-bond donors (Lipinski definition) is 2. The Morgan fingerprint density at radius 3 is 2.55 bits per heavy atom. The Balaban J connectivity index is 2.02. The normalized spacial score (nSPS) is 14.9. The molecule has 0 radical (unpaired) electrons. The molecule has 0 fully saturated rings. The van der Waals surface area contributed by atoms with Crippen LogP contribution in [0.2, 0.25) is 5.02 Å². The lowest BCUT2D eigenvalue weighted by Gasteiger charge is -2.14. The number of esters is 1. The molecular weight excluding hydrogens is 461 g/mol. The molecule has 4 bridgehead atoms. The smallest absolute Gasteiger partial charge is 0.338 e. The lowest BCUT2D eigenvalue weighted by molar-refractivity contribution is 0.0472. The number of fused-ring (bicyclic) bond motifs is 6. The van der Waals surface area contributed by atoms with Crippen LogP contribution in [0.3, 0.4) is 0 Å². The summed E-state index contributed by atoms with van der Waals surface area (Å²) in [4.78, 5) is 15.0. The largest absolute Gasteiger partial charge is 0.505 e. The average Bonchev–Trinajstić information content (AvgIpc) is 2.70. The summed E-state index contributed by atoms with van der Waals surface area (Å²) in [5.41, 5.74) is -1.41. The van der Waals surface area contributed by atoms with Gasteiger partial charge >= 0.3 is 5.97 Å². The predicted molar refractivity (Wildman–Crippen MR) is 103 cm³/mol. The summed E-state index contributed by atoms with van der Waals surface area (Å²) >= 11 is 5.84. The van der Waals surface area contributed by atoms with E-state index in [2.05, 4.69) is 4.98 Å². The quantitative estimate of drug-likeness (QED) is 0.380. The van der Waals surface area contributed by atoms with E-state index in [-0.39, 0.29) is 22.3 Å². The first-order valence-electron chi connectivity index (χ1n) is 8.43. The molecule has 0 aliphatic carbocycles. The van der Waals surface area contributed by atoms with Crippen molar-refractivity contribution in [1.29, 1.82) is 0 Å². The Morgan fingerprint density at radius 1 is 1.06 bits per heavy atom. The van der Waals surface area contributed by atoms with Crippen LogP contribution in [0.4, 0.5) is 18.9 Å². The van der Waals surface area contributed by atoms with Crippen LogP contribution >= 0.6 is 11.6 Å². The number of halogens is 4. The number of aromatic nitrogens is 1. The fourth-order valence-corrected chi connectivity index (χ4v) is 4.46. The number of carbonyl (C=O) groups is 1. The molecule has 0 atom stereocenters. The van der Waals surface area contributed by atoms with Gasteiger partial charge in [-0.2, -0.15) is 4.39 Å². The summed E-state index contributed by atoms with van der Waals surface area (Å²) in [5, 5.41) is 9.61. The van der Waals surface area contributed by atoms with Crippen LogP contribution in [0.25, 0.3) is 11.1 Å². The zero-order valence-electron chi connectivity index (χ0n) is 15.1. The van der Waals surface area contributed by atoms with Crippen molar-refractivity contribution in [3.63, 3.8) is 0 Å². The number of rotatable bonds is 0. The Bertz CT molecular complexity index is 1370. The Morgan fingerprint density at radius 2 is 1.81 bits per heavy atom. The third-order valence-electron chi connectivity index (χ3n) is 4.46. The van der Waals surface area contributed by atoms with Crippen molar-refractivity contribution in [2.45, 2.75) is 11.5 Å². The Labute approximate surface area is 178 Å². The number of sulfonamides is 1. The van der Waals surface area contributed by atoms with Gasteiger partial charge in [-0.05, 0) is 18.2 Å². The molecule has 4 rings (SSSR count). The zero-order valence-corrected chi connectivity index (χ0v) is 16.7. The number of phenols is 1. The van der Waals surface area contributed by atoms with Crippen LogP contribution < -0.4 is 4.72 Å². The first-order chi connectivity index (χ1) is 14.6. The minimum Gasteiger partial charge on any atom is -0.505 e. The van der Waals surface area contributed by atoms with Crippen molar-refractivity contribution in [3.05, 3.63) is 70.3 Å². The number of hydrogen-bond acceptors (Lipinski definition) is 6. The lowest BCUT2D eigenvalue weighted by Crippen LogP contribution is -2.15. The van der Waals surface area contributed by atoms with Crippen LogP contribution in [0.5, 0.6) is 5.75 Å². The van der Waals surface area contributed by atoms with Gasteiger partial charge in [-0.3, -0.25) is 4.72 Å². The SMILES string of the molecule is O=C1OCc2cc(F)ncc2-c2cc(c(F)cc2F)NS(=O)(=O)c2cc1cc(Cl)c2O. The standard InChI is InChI=1S/C19H10ClF3N2O5S/c20-12-1-8-2-16(18(12)26)31(28,29)25-15-4-10(13(21)5-14(15)22)11-6-24-17(23)3-9(11)7-30-19(8)27/h1-6,25-26H,7H2. The number of nitrogens with one attached hydrogen (secondary N) is 1. The number of phenolic OH excluding ortho intramolecular Hbond substituents is 1. The molecule has 0 unspecified atom stereocenters. The molecule has 2 heterocycles. The lowest BCUT2D eigenvalue weighted by atomic mass is 10.0. The molecular formula is C19H10ClF3N2O5S. The maximum atomic E-state index is 14.5. The van der Waals surface area contributed by atoms with Crippen LogP contribution in [-0.2, 0) is 21.4 Å². The topological polar surface area (TPSA) is 106 Å². The molecule has 2 N–H and O–H groups in total. The van der Waals surface area contributed by atoms with Gasteiger partial charge in [-0.15, -0.1) is 0 Å². The summed E-state index contributed by atoms with van der Waals surface area (Å²) in [5.74, 6) is -5.25. The Hall–Kier alpha value is -3.31. The zero-order chi connectivity index (χ0) is 22.5. The Kier molecular flexibility index (Phi) is 5.02. The molecule has 0 amide bonds. The second-order valence-electron chi connectivity index (χ2n) is 6.46. The first-order valence-corrected chi connectivity index (χ1v) is 10.3. The maximum Gasteiger partial charge on any atom is 0.338 e. The van der Waals surface area contributed by atoms with Crippen LogP contribution in [0, 0.1) is 17.6 Å². The fourth-order valence-electron chi connectivity index (χ4n) is 2.99. The van der Waals surface area contributed by atoms with E-state index in [4.69, 9.17) is 16.3 Å². The van der Waals surface area contributed by atoms with Crippen molar-refractivity contribution < 1.29 is 36.2 Å². The third-order valence-corrected chi connectivity index (χ3v) is 6.13. The highest BCUT2D eigenvalue weighted by Gasteiger charge is 2.27. The predicted octanol–water partition coefficient (Wildman–Crippen LogP) is 4.00. The van der Waals surface area contributed by atoms with E-state index in [1.54, 1.807) is 0 Å². The number of benzene rings is 2. The number of carbonyl (C=O) groups excluding carboxylic acids is 1. The van der Waals surface area contributed by atoms with E-state index in [1.165, 1.54) is 0 Å². The number of anilines is 1. The van der Waals surface area contributed by atoms with Crippen LogP contribution in [-0.4, -0.2) is 24.5 Å². The third kappa shape index (κ3) is 3.77. The highest BCUT2D eigenvalue weighted by atomic mass is 35.5. The van der Waals surface area contributed by atoms with E-state index in [9.17, 15) is 31.5 Å². The number of nitrogens with zero attached hydrogens (tertiary/aromatic N) is 1. The second-order valence-corrected chi connectivity index (χ2v) is 8.52. The second kappa shape index (κ2) is 7.43. The number of cyclic esters (lactones) is 1. The van der Waals surface area contributed by atoms with E-state index in [0.717, 1.165) is 30.5 Å². The van der Waals surface area contributed by atoms with Crippen molar-refractivity contribution >= 4 is 33.3 Å². The number of pyridine rings is 1. The van der Waals surface area contributed by atoms with E-state index in [0.29, 0.717) is 6.07 Å². The van der Waals surface area contributed by atoms with Gasteiger partial charge in [0.25, 0.3) is 10.0 Å². The maximum absolute atomic E-state index is 14.5. The van der Waals surface area contributed by atoms with Crippen molar-refractivity contribution in [3.8, 4) is 16.9 Å². The molecule has 1 aliphatic heterocycles. The molecule has 31 heavy (non-hydrogen) atoms. The first kappa shape index (κ1) is 20.9. The summed E-state index contributed by atoms with van der Waals surface area (Å²) in [6.45, 7) is -0.548. The molecule has 0 saturated heterocycles. The van der Waals surface area contributed by atoms with E-state index < -0.39 is 61.5 Å². The van der Waals surface area contributed by atoms with Gasteiger partial charge in [-0.1, -0.05) is 11.6 Å². The monoisotopic (exact) mass is 470 g/mol. The molecule has 0 spiro atoms. The molecule has 2 aromatic carbocycles. The molecule has 3 aromatic rings. The van der Waals surface area contributed by atoms with Gasteiger partial charge in [0.05, 0.1) is 16.3 Å². The van der Waals surface area contributed by atoms with Gasteiger partial charge in [0.15, 0.2) is 5.75 Å². The fraction of sp³-hybridized carbons (Fsp3) is 0.0526. The molecule has 12 heteroatoms. The van der Waals surface area contributed by atoms with Crippen LogP contribution in [0.15, 0.2) is 41.4 Å². The molecule has 1 aromatic heterocycles. The van der Waals surface area contributed by atoms with Gasteiger partial charge in [-0.25, -0.2) is 27.0 Å². The van der Waals surface area contributed by atoms with Crippen molar-refractivity contribution in [1.82, 2.24) is 4.98 Å². The van der Waals surface area contributed by atoms with Crippen molar-refractivity contribution in [2.24, 2.45) is 0 Å². The molecule has 1 aliphatic rings. The average molecular weight is 471 g/mol. The van der Waals surface area contributed by atoms with Crippen LogP contribution in [0.1, 0.15) is 15.9 Å². The summed E-state index contributed by atoms with van der Waals surface area (Å²) in [7, 11) is -4.69. The van der Waals surface area contributed by atoms with Gasteiger partial charge in [0.2, 0.25) is 5.95 Å². The summed E-state index contributed by atoms with van der Waals surface area (Å²) < 4.78 is 75.1. The van der Waals surface area contributed by atoms with E-state index in [1.807, 2.05) is 4.72 Å². The summed E-state index contributed by atoms with van der Waals surface area (Å²) in [6.07, 6.45) is 0.940. The van der Waals surface area contributed by atoms with Gasteiger partial charge in [0, 0.05) is 35.0 Å². The minimum atomic E-state index is -4.69.